The van der Waals surface area contributed by atoms with E-state index in [1.165, 1.54) is 17.8 Å². The molecule has 2 aromatic carbocycles. The van der Waals surface area contributed by atoms with E-state index in [0.717, 1.165) is 4.90 Å². The van der Waals surface area contributed by atoms with E-state index in [-0.39, 0.29) is 11.0 Å². The monoisotopic (exact) mass is 310 g/mol. The van der Waals surface area contributed by atoms with Crippen LogP contribution in [0.25, 0.3) is 11.0 Å². The molecule has 6 nitrogen and oxygen atoms in total. The molecule has 7 heteroatoms. The van der Waals surface area contributed by atoms with E-state index in [4.69, 9.17) is 11.0 Å². The SMILES string of the molecule is N#Cc1c(N)[n+]([O-])c2c(Sc3ccccc3)cccc2[n+]1[O-]. The fourth-order valence-electron chi connectivity index (χ4n) is 2.12. The standard InChI is InChI=1S/C15H10N4O2S/c16-9-12-15(17)19(21)14-11(18(12)20)7-4-8-13(14)22-10-5-2-1-3-6-10/h1-8H,17H2. The number of hydrogen-bond acceptors (Lipinski definition) is 5. The van der Waals surface area contributed by atoms with Crippen LogP contribution in [0.3, 0.4) is 0 Å². The molecule has 0 saturated heterocycles. The first kappa shape index (κ1) is 14.0. The van der Waals surface area contributed by atoms with Crippen LogP contribution in [0.2, 0.25) is 0 Å². The molecular weight excluding hydrogens is 300 g/mol. The first-order valence-corrected chi connectivity index (χ1v) is 7.15. The maximum absolute atomic E-state index is 12.3. The average molecular weight is 310 g/mol. The Labute approximate surface area is 130 Å². The normalized spacial score (nSPS) is 10.5. The summed E-state index contributed by atoms with van der Waals surface area (Å²) < 4.78 is 0.835. The van der Waals surface area contributed by atoms with Gasteiger partial charge in [-0.25, -0.2) is 4.73 Å². The van der Waals surface area contributed by atoms with Gasteiger partial charge in [-0.3, -0.25) is 5.73 Å². The predicted molar refractivity (Wildman–Crippen MR) is 81.6 cm³/mol. The summed E-state index contributed by atoms with van der Waals surface area (Å²) in [6, 6.07) is 16.0. The highest BCUT2D eigenvalue weighted by atomic mass is 32.2. The number of anilines is 1. The quantitative estimate of drug-likeness (QED) is 0.573. The van der Waals surface area contributed by atoms with Crippen LogP contribution >= 0.6 is 11.8 Å². The lowest BCUT2D eigenvalue weighted by molar-refractivity contribution is -0.621. The summed E-state index contributed by atoms with van der Waals surface area (Å²) in [7, 11) is 0. The summed E-state index contributed by atoms with van der Waals surface area (Å²) in [6.45, 7) is 0. The largest absolute Gasteiger partial charge is 0.710 e. The lowest BCUT2D eigenvalue weighted by atomic mass is 10.3. The summed E-state index contributed by atoms with van der Waals surface area (Å²) in [4.78, 5) is 1.52. The van der Waals surface area contributed by atoms with Gasteiger partial charge in [0.2, 0.25) is 5.52 Å². The van der Waals surface area contributed by atoms with Crippen molar-refractivity contribution in [1.82, 2.24) is 0 Å². The van der Waals surface area contributed by atoms with Gasteiger partial charge in [-0.05, 0) is 18.2 Å². The number of para-hydroxylation sites is 1. The van der Waals surface area contributed by atoms with Crippen molar-refractivity contribution in [3.05, 3.63) is 64.6 Å². The molecule has 3 rings (SSSR count). The zero-order valence-corrected chi connectivity index (χ0v) is 12.1. The van der Waals surface area contributed by atoms with Gasteiger partial charge in [-0.15, -0.1) is 4.73 Å². The third kappa shape index (κ3) is 2.16. The Bertz CT molecular complexity index is 907. The first-order valence-electron chi connectivity index (χ1n) is 6.33. The van der Waals surface area contributed by atoms with Crippen molar-refractivity contribution >= 4 is 28.6 Å². The first-order chi connectivity index (χ1) is 10.6. The number of rotatable bonds is 2. The molecule has 1 heterocycles. The molecule has 22 heavy (non-hydrogen) atoms. The lowest BCUT2D eigenvalue weighted by Crippen LogP contribution is -2.44. The van der Waals surface area contributed by atoms with Gasteiger partial charge in [-0.1, -0.05) is 36.0 Å². The summed E-state index contributed by atoms with van der Waals surface area (Å²) in [5.41, 5.74) is 5.49. The third-order valence-corrected chi connectivity index (χ3v) is 4.20. The number of hydrogen-bond donors (Lipinski definition) is 1. The van der Waals surface area contributed by atoms with Crippen LogP contribution in [-0.2, 0) is 0 Å². The number of nitrogens with zero attached hydrogens (tertiary/aromatic N) is 3. The van der Waals surface area contributed by atoms with E-state index >= 15 is 0 Å². The zero-order chi connectivity index (χ0) is 15.7. The Balaban J connectivity index is 2.27. The molecule has 0 atom stereocenters. The minimum Gasteiger partial charge on any atom is -0.710 e. The molecule has 0 aliphatic rings. The van der Waals surface area contributed by atoms with Gasteiger partial charge in [0, 0.05) is 11.0 Å². The third-order valence-electron chi connectivity index (χ3n) is 3.14. The number of nitrogens with two attached hydrogens (primary N) is 1. The second-order valence-electron chi connectivity index (χ2n) is 4.47. The van der Waals surface area contributed by atoms with Gasteiger partial charge >= 0.3 is 11.5 Å². The van der Waals surface area contributed by atoms with Crippen LogP contribution in [-0.4, -0.2) is 0 Å². The lowest BCUT2D eigenvalue weighted by Gasteiger charge is -2.13. The van der Waals surface area contributed by atoms with Crippen molar-refractivity contribution in [2.24, 2.45) is 0 Å². The van der Waals surface area contributed by atoms with Crippen LogP contribution < -0.4 is 15.2 Å². The summed E-state index contributed by atoms with van der Waals surface area (Å²) in [5.74, 6) is -0.397. The van der Waals surface area contributed by atoms with Crippen LogP contribution in [0.5, 0.6) is 0 Å². The molecule has 108 valence electrons. The van der Waals surface area contributed by atoms with E-state index in [0.29, 0.717) is 14.4 Å². The Morgan fingerprint density at radius 1 is 1.00 bits per heavy atom. The fourth-order valence-corrected chi connectivity index (χ4v) is 3.10. The predicted octanol–water partition coefficient (Wildman–Crippen LogP) is 1.71. The van der Waals surface area contributed by atoms with Crippen molar-refractivity contribution in [2.45, 2.75) is 9.79 Å². The average Bonchev–Trinajstić information content (AvgIpc) is 2.54. The molecule has 0 spiro atoms. The maximum Gasteiger partial charge on any atom is 0.385 e. The molecular formula is C15H10N4O2S. The summed E-state index contributed by atoms with van der Waals surface area (Å²) >= 11 is 1.35. The molecule has 0 bridgehead atoms. The topological polar surface area (TPSA) is 104 Å². The van der Waals surface area contributed by atoms with E-state index < -0.39 is 11.5 Å². The van der Waals surface area contributed by atoms with Crippen molar-refractivity contribution < 1.29 is 9.46 Å². The van der Waals surface area contributed by atoms with Gasteiger partial charge < -0.3 is 10.4 Å². The second-order valence-corrected chi connectivity index (χ2v) is 5.59. The molecule has 3 aromatic rings. The Kier molecular flexibility index (Phi) is 3.45. The number of nitriles is 1. The van der Waals surface area contributed by atoms with Gasteiger partial charge in [0.25, 0.3) is 5.52 Å². The molecule has 0 saturated carbocycles. The van der Waals surface area contributed by atoms with Gasteiger partial charge in [0.05, 0.1) is 4.90 Å². The van der Waals surface area contributed by atoms with Crippen molar-refractivity contribution in [2.75, 3.05) is 5.73 Å². The van der Waals surface area contributed by atoms with Crippen molar-refractivity contribution in [1.29, 1.82) is 5.26 Å². The van der Waals surface area contributed by atoms with Crippen molar-refractivity contribution in [3.8, 4) is 6.07 Å². The van der Waals surface area contributed by atoms with E-state index in [9.17, 15) is 10.4 Å². The smallest absolute Gasteiger partial charge is 0.385 e. The Morgan fingerprint density at radius 3 is 2.41 bits per heavy atom. The van der Waals surface area contributed by atoms with Crippen LogP contribution in [0, 0.1) is 21.7 Å². The highest BCUT2D eigenvalue weighted by Gasteiger charge is 2.25. The van der Waals surface area contributed by atoms with Gasteiger partial charge in [0.1, 0.15) is 0 Å². The van der Waals surface area contributed by atoms with Gasteiger partial charge in [-0.2, -0.15) is 5.26 Å². The minimum absolute atomic E-state index is 0.113. The van der Waals surface area contributed by atoms with E-state index in [1.54, 1.807) is 18.2 Å². The molecule has 0 aliphatic heterocycles. The molecule has 0 fully saturated rings. The number of benzene rings is 2. The van der Waals surface area contributed by atoms with Crippen LogP contribution in [0.15, 0.2) is 58.3 Å². The number of aromatic nitrogens is 2. The molecule has 2 N–H and O–H groups in total. The van der Waals surface area contributed by atoms with E-state index in [1.807, 2.05) is 30.3 Å². The number of fused-ring (bicyclic) bond motifs is 1. The van der Waals surface area contributed by atoms with Gasteiger partial charge in [0.15, 0.2) is 6.07 Å². The second kappa shape index (κ2) is 5.42. The minimum atomic E-state index is -0.399. The molecule has 0 amide bonds. The molecule has 1 aromatic heterocycles. The van der Waals surface area contributed by atoms with E-state index in [2.05, 4.69) is 0 Å². The number of nitrogen functional groups attached to an aromatic ring is 1. The Morgan fingerprint density at radius 2 is 1.73 bits per heavy atom. The molecule has 0 radical (unpaired) electrons. The molecule has 0 unspecified atom stereocenters. The Hall–Kier alpha value is -2.98. The fraction of sp³-hybridized carbons (Fsp3) is 0. The molecule has 0 aliphatic carbocycles. The van der Waals surface area contributed by atoms with Crippen molar-refractivity contribution in [3.63, 3.8) is 0 Å². The maximum atomic E-state index is 12.3. The van der Waals surface area contributed by atoms with Crippen LogP contribution in [0.1, 0.15) is 5.69 Å². The zero-order valence-electron chi connectivity index (χ0n) is 11.3. The highest BCUT2D eigenvalue weighted by Crippen LogP contribution is 2.31. The summed E-state index contributed by atoms with van der Waals surface area (Å²) in [6.07, 6.45) is 0. The summed E-state index contributed by atoms with van der Waals surface area (Å²) in [5, 5.41) is 33.5. The highest BCUT2D eigenvalue weighted by molar-refractivity contribution is 7.99. The van der Waals surface area contributed by atoms with Crippen LogP contribution in [0.4, 0.5) is 5.82 Å².